The minimum absolute atomic E-state index is 0.00500. The number of aliphatic carboxylic acids is 1. The molecule has 0 bridgehead atoms. The van der Waals surface area contributed by atoms with Gasteiger partial charge in [0.05, 0.1) is 18.2 Å². The van der Waals surface area contributed by atoms with Crippen LogP contribution < -0.4 is 10.1 Å². The van der Waals surface area contributed by atoms with Gasteiger partial charge in [0.1, 0.15) is 11.9 Å². The Morgan fingerprint density at radius 2 is 2.31 bits per heavy atom. The summed E-state index contributed by atoms with van der Waals surface area (Å²) in [6.07, 6.45) is -0.298. The summed E-state index contributed by atoms with van der Waals surface area (Å²) in [5.41, 5.74) is 1.96. The third-order valence-corrected chi connectivity index (χ3v) is 2.80. The number of rotatable bonds is 2. The highest BCUT2D eigenvalue weighted by molar-refractivity contribution is 5.69. The topological polar surface area (TPSA) is 58.6 Å². The second-order valence-corrected chi connectivity index (χ2v) is 4.14. The lowest BCUT2D eigenvalue weighted by atomic mass is 10.0. The summed E-state index contributed by atoms with van der Waals surface area (Å²) < 4.78 is 5.74. The van der Waals surface area contributed by atoms with E-state index in [1.54, 1.807) is 0 Å². The smallest absolute Gasteiger partial charge is 0.307 e. The van der Waals surface area contributed by atoms with Crippen molar-refractivity contribution in [3.63, 3.8) is 0 Å². The molecule has 4 nitrogen and oxygen atoms in total. The maximum Gasteiger partial charge on any atom is 0.307 e. The van der Waals surface area contributed by atoms with Gasteiger partial charge in [0, 0.05) is 0 Å². The molecule has 2 unspecified atom stereocenters. The van der Waals surface area contributed by atoms with Crippen LogP contribution in [0.3, 0.4) is 0 Å². The molecule has 0 aromatic heterocycles. The van der Waals surface area contributed by atoms with Crippen molar-refractivity contribution in [3.8, 4) is 5.75 Å². The van der Waals surface area contributed by atoms with Gasteiger partial charge >= 0.3 is 5.97 Å². The van der Waals surface area contributed by atoms with Gasteiger partial charge in [0.25, 0.3) is 0 Å². The number of carboxylic acids is 1. The van der Waals surface area contributed by atoms with E-state index in [0.29, 0.717) is 0 Å². The van der Waals surface area contributed by atoms with Crippen LogP contribution in [-0.2, 0) is 4.79 Å². The van der Waals surface area contributed by atoms with E-state index in [1.165, 1.54) is 0 Å². The number of hydrogen-bond acceptors (Lipinski definition) is 3. The first kappa shape index (κ1) is 10.8. The van der Waals surface area contributed by atoms with Gasteiger partial charge < -0.3 is 15.2 Å². The molecule has 2 atom stereocenters. The summed E-state index contributed by atoms with van der Waals surface area (Å²) in [7, 11) is 0. The molecule has 0 amide bonds. The molecule has 0 saturated heterocycles. The lowest BCUT2D eigenvalue weighted by Crippen LogP contribution is -2.40. The van der Waals surface area contributed by atoms with Crippen LogP contribution in [0.5, 0.6) is 5.75 Å². The summed E-state index contributed by atoms with van der Waals surface area (Å²) in [5.74, 6) is -0.0671. The fourth-order valence-electron chi connectivity index (χ4n) is 1.90. The SMILES string of the molecule is Cc1cccc2c1OC(CC(=O)O)C(C)N2. The largest absolute Gasteiger partial charge is 0.485 e. The molecule has 16 heavy (non-hydrogen) atoms. The molecule has 0 saturated carbocycles. The van der Waals surface area contributed by atoms with E-state index in [1.807, 2.05) is 32.0 Å². The van der Waals surface area contributed by atoms with Crippen molar-refractivity contribution in [1.82, 2.24) is 0 Å². The zero-order chi connectivity index (χ0) is 11.7. The lowest BCUT2D eigenvalue weighted by Gasteiger charge is -2.33. The molecule has 1 aromatic rings. The Labute approximate surface area is 94.2 Å². The normalized spacial score (nSPS) is 22.9. The maximum absolute atomic E-state index is 10.7. The lowest BCUT2D eigenvalue weighted by molar-refractivity contribution is -0.139. The Morgan fingerprint density at radius 1 is 1.56 bits per heavy atom. The van der Waals surface area contributed by atoms with Crippen molar-refractivity contribution < 1.29 is 14.6 Å². The number of benzene rings is 1. The number of fused-ring (bicyclic) bond motifs is 1. The van der Waals surface area contributed by atoms with Crippen LogP contribution in [0.15, 0.2) is 18.2 Å². The van der Waals surface area contributed by atoms with Gasteiger partial charge in [0.2, 0.25) is 0 Å². The van der Waals surface area contributed by atoms with Gasteiger partial charge in [-0.3, -0.25) is 4.79 Å². The van der Waals surface area contributed by atoms with Crippen molar-refractivity contribution in [1.29, 1.82) is 0 Å². The van der Waals surface area contributed by atoms with Gasteiger partial charge in [-0.1, -0.05) is 12.1 Å². The van der Waals surface area contributed by atoms with Crippen LogP contribution in [0.2, 0.25) is 0 Å². The Morgan fingerprint density at radius 3 is 3.00 bits per heavy atom. The van der Waals surface area contributed by atoms with Gasteiger partial charge in [-0.25, -0.2) is 0 Å². The van der Waals surface area contributed by atoms with Crippen molar-refractivity contribution >= 4 is 11.7 Å². The standard InChI is InChI=1S/C12H15NO3/c1-7-4-3-5-9-12(7)16-10(6-11(14)15)8(2)13-9/h3-5,8,10,13H,6H2,1-2H3,(H,14,15). The van der Waals surface area contributed by atoms with E-state index in [-0.39, 0.29) is 18.6 Å². The van der Waals surface area contributed by atoms with Crippen LogP contribution in [0.4, 0.5) is 5.69 Å². The fourth-order valence-corrected chi connectivity index (χ4v) is 1.90. The van der Waals surface area contributed by atoms with Crippen LogP contribution >= 0.6 is 0 Å². The highest BCUT2D eigenvalue weighted by Gasteiger charge is 2.28. The van der Waals surface area contributed by atoms with Crippen LogP contribution in [0.1, 0.15) is 18.9 Å². The van der Waals surface area contributed by atoms with Gasteiger partial charge in [-0.15, -0.1) is 0 Å². The first-order valence-electron chi connectivity index (χ1n) is 5.32. The summed E-state index contributed by atoms with van der Waals surface area (Å²) in [6, 6.07) is 5.85. The Balaban J connectivity index is 2.26. The number of ether oxygens (including phenoxy) is 1. The summed E-state index contributed by atoms with van der Waals surface area (Å²) in [6.45, 7) is 3.88. The van der Waals surface area contributed by atoms with Crippen molar-refractivity contribution in [2.45, 2.75) is 32.4 Å². The van der Waals surface area contributed by atoms with E-state index in [9.17, 15) is 4.79 Å². The average molecular weight is 221 g/mol. The number of hydrogen-bond donors (Lipinski definition) is 2. The molecule has 0 fully saturated rings. The number of anilines is 1. The molecule has 1 aliphatic rings. The molecule has 0 aliphatic carbocycles. The average Bonchev–Trinajstić information content (AvgIpc) is 2.20. The van der Waals surface area contributed by atoms with Crippen molar-refractivity contribution in [2.24, 2.45) is 0 Å². The minimum atomic E-state index is -0.837. The van der Waals surface area contributed by atoms with Crippen LogP contribution in [0, 0.1) is 6.92 Å². The zero-order valence-corrected chi connectivity index (χ0v) is 9.36. The summed E-state index contributed by atoms with van der Waals surface area (Å²) in [5, 5.41) is 12.1. The molecule has 4 heteroatoms. The third kappa shape index (κ3) is 1.96. The fraction of sp³-hybridized carbons (Fsp3) is 0.417. The molecule has 86 valence electrons. The molecule has 1 aliphatic heterocycles. The molecule has 0 spiro atoms. The first-order valence-corrected chi connectivity index (χ1v) is 5.32. The van der Waals surface area contributed by atoms with Gasteiger partial charge in [0.15, 0.2) is 0 Å². The van der Waals surface area contributed by atoms with E-state index in [4.69, 9.17) is 9.84 Å². The quantitative estimate of drug-likeness (QED) is 0.802. The molecule has 2 N–H and O–H groups in total. The van der Waals surface area contributed by atoms with E-state index in [0.717, 1.165) is 17.0 Å². The third-order valence-electron chi connectivity index (χ3n) is 2.80. The monoisotopic (exact) mass is 221 g/mol. The summed E-state index contributed by atoms with van der Waals surface area (Å²) in [4.78, 5) is 10.7. The van der Waals surface area contributed by atoms with Crippen molar-refractivity contribution in [2.75, 3.05) is 5.32 Å². The summed E-state index contributed by atoms with van der Waals surface area (Å²) >= 11 is 0. The van der Waals surface area contributed by atoms with Crippen LogP contribution in [-0.4, -0.2) is 23.2 Å². The molecular formula is C12H15NO3. The number of carbonyl (C=O) groups is 1. The number of aryl methyl sites for hydroxylation is 1. The number of nitrogens with one attached hydrogen (secondary N) is 1. The number of para-hydroxylation sites is 1. The maximum atomic E-state index is 10.7. The van der Waals surface area contributed by atoms with Crippen LogP contribution in [0.25, 0.3) is 0 Å². The molecule has 1 heterocycles. The predicted octanol–water partition coefficient (Wildman–Crippen LogP) is 2.03. The molecule has 0 radical (unpaired) electrons. The highest BCUT2D eigenvalue weighted by Crippen LogP contribution is 2.34. The first-order chi connectivity index (χ1) is 7.58. The second-order valence-electron chi connectivity index (χ2n) is 4.14. The van der Waals surface area contributed by atoms with E-state index >= 15 is 0 Å². The van der Waals surface area contributed by atoms with Crippen molar-refractivity contribution in [3.05, 3.63) is 23.8 Å². The van der Waals surface area contributed by atoms with E-state index < -0.39 is 5.97 Å². The molecule has 1 aromatic carbocycles. The molecular weight excluding hydrogens is 206 g/mol. The Kier molecular flexibility index (Phi) is 2.73. The van der Waals surface area contributed by atoms with Gasteiger partial charge in [-0.2, -0.15) is 0 Å². The highest BCUT2D eigenvalue weighted by atomic mass is 16.5. The second kappa shape index (κ2) is 4.04. The zero-order valence-electron chi connectivity index (χ0n) is 9.36. The van der Waals surface area contributed by atoms with E-state index in [2.05, 4.69) is 5.32 Å². The Bertz CT molecular complexity index is 417. The minimum Gasteiger partial charge on any atom is -0.485 e. The predicted molar refractivity (Wildman–Crippen MR) is 60.9 cm³/mol. The Hall–Kier alpha value is -1.71. The molecule has 2 rings (SSSR count). The number of carboxylic acid groups (broad SMARTS) is 1. The van der Waals surface area contributed by atoms with Gasteiger partial charge in [-0.05, 0) is 25.5 Å².